The number of para-hydroxylation sites is 1. The van der Waals surface area contributed by atoms with Crippen LogP contribution in [0.3, 0.4) is 0 Å². The molecule has 7 nitrogen and oxygen atoms in total. The molecule has 5 aromatic rings. The van der Waals surface area contributed by atoms with E-state index < -0.39 is 17.8 Å². The van der Waals surface area contributed by atoms with Crippen LogP contribution in [0.2, 0.25) is 5.02 Å². The Hall–Kier alpha value is -4.05. The Kier molecular flexibility index (Phi) is 5.60. The third kappa shape index (κ3) is 4.17. The highest BCUT2D eigenvalue weighted by atomic mass is 35.5. The van der Waals surface area contributed by atoms with E-state index in [0.717, 1.165) is 6.33 Å². The maximum atomic E-state index is 14.6. The monoisotopic (exact) mass is 496 g/mol. The molecule has 4 heterocycles. The van der Waals surface area contributed by atoms with Gasteiger partial charge in [-0.15, -0.1) is 0 Å². The first-order valence-electron chi connectivity index (χ1n) is 10.4. The van der Waals surface area contributed by atoms with E-state index in [9.17, 15) is 18.0 Å². The second-order valence-corrected chi connectivity index (χ2v) is 8.22. The van der Waals surface area contributed by atoms with Gasteiger partial charge in [0.2, 0.25) is 0 Å². The Morgan fingerprint density at radius 3 is 2.66 bits per heavy atom. The molecule has 0 spiro atoms. The molecule has 0 aliphatic rings. The first-order chi connectivity index (χ1) is 16.7. The third-order valence-corrected chi connectivity index (χ3v) is 5.85. The maximum absolute atomic E-state index is 14.6. The molecule has 0 radical (unpaired) electrons. The predicted octanol–water partition coefficient (Wildman–Crippen LogP) is 5.61. The predicted molar refractivity (Wildman–Crippen MR) is 127 cm³/mol. The number of hydrogen-bond acceptors (Lipinski definition) is 6. The van der Waals surface area contributed by atoms with Crippen molar-refractivity contribution in [2.45, 2.75) is 19.1 Å². The average Bonchev–Trinajstić information content (AvgIpc) is 2.82. The molecule has 0 amide bonds. The van der Waals surface area contributed by atoms with Crippen LogP contribution in [0.4, 0.5) is 19.0 Å². The fourth-order valence-electron chi connectivity index (χ4n) is 3.94. The van der Waals surface area contributed by atoms with Gasteiger partial charge in [-0.1, -0.05) is 23.7 Å². The highest BCUT2D eigenvalue weighted by Gasteiger charge is 2.43. The molecule has 2 N–H and O–H groups in total. The van der Waals surface area contributed by atoms with Crippen LogP contribution in [0.25, 0.3) is 33.2 Å². The van der Waals surface area contributed by atoms with Crippen molar-refractivity contribution in [2.75, 3.05) is 5.32 Å². The molecule has 5 rings (SSSR count). The van der Waals surface area contributed by atoms with Crippen molar-refractivity contribution in [3.63, 3.8) is 0 Å². The standard InChI is InChI=1S/C24H16ClF3N6O/c1-12-7-9-30-23(35)17(12)19-14(10-13-4-2-5-15(25)18(13)33-19)21(24(26,27)28)34-22-20-16(31-11-32-22)6-3-8-29-20/h2-11,21H,1H3,(H,30,35)(H,31,32,34)/t21-/m1/s1. The number of aryl methyl sites for hydroxylation is 1. The lowest BCUT2D eigenvalue weighted by Crippen LogP contribution is -2.30. The van der Waals surface area contributed by atoms with E-state index in [1.807, 2.05) is 0 Å². The number of H-pyrrole nitrogens is 1. The van der Waals surface area contributed by atoms with E-state index >= 15 is 0 Å². The zero-order chi connectivity index (χ0) is 24.7. The molecule has 0 unspecified atom stereocenters. The van der Waals surface area contributed by atoms with Crippen LogP contribution in [-0.4, -0.2) is 31.1 Å². The van der Waals surface area contributed by atoms with Crippen molar-refractivity contribution in [1.82, 2.24) is 24.9 Å². The van der Waals surface area contributed by atoms with Gasteiger partial charge in [-0.25, -0.2) is 15.0 Å². The topological polar surface area (TPSA) is 96.5 Å². The second kappa shape index (κ2) is 8.62. The number of aromatic nitrogens is 5. The zero-order valence-electron chi connectivity index (χ0n) is 18.1. The number of halogens is 4. The van der Waals surface area contributed by atoms with Crippen molar-refractivity contribution in [3.05, 3.63) is 87.7 Å². The number of nitrogens with one attached hydrogen (secondary N) is 2. The third-order valence-electron chi connectivity index (χ3n) is 5.55. The first-order valence-corrected chi connectivity index (χ1v) is 10.8. The summed E-state index contributed by atoms with van der Waals surface area (Å²) in [5, 5.41) is 3.13. The molecule has 0 saturated heterocycles. The molecule has 4 aromatic heterocycles. The summed E-state index contributed by atoms with van der Waals surface area (Å²) in [7, 11) is 0. The molecular weight excluding hydrogens is 481 g/mol. The molecule has 0 aliphatic carbocycles. The van der Waals surface area contributed by atoms with Crippen molar-refractivity contribution < 1.29 is 13.2 Å². The number of pyridine rings is 3. The number of anilines is 1. The van der Waals surface area contributed by atoms with Gasteiger partial charge in [0.15, 0.2) is 11.9 Å². The van der Waals surface area contributed by atoms with Gasteiger partial charge >= 0.3 is 6.18 Å². The summed E-state index contributed by atoms with van der Waals surface area (Å²) in [4.78, 5) is 31.9. The Balaban J connectivity index is 1.80. The Labute approximate surface area is 201 Å². The van der Waals surface area contributed by atoms with E-state index in [1.165, 1.54) is 18.5 Å². The summed E-state index contributed by atoms with van der Waals surface area (Å²) in [6, 6.07) is 8.73. The van der Waals surface area contributed by atoms with Gasteiger partial charge in [0.25, 0.3) is 5.56 Å². The van der Waals surface area contributed by atoms with Crippen molar-refractivity contribution in [3.8, 4) is 11.3 Å². The van der Waals surface area contributed by atoms with Gasteiger partial charge in [0.1, 0.15) is 11.8 Å². The molecule has 35 heavy (non-hydrogen) atoms. The minimum atomic E-state index is -4.79. The molecule has 0 aliphatic heterocycles. The molecule has 1 aromatic carbocycles. The number of nitrogens with zero attached hydrogens (tertiary/aromatic N) is 4. The lowest BCUT2D eigenvalue weighted by molar-refractivity contribution is -0.143. The van der Waals surface area contributed by atoms with Gasteiger partial charge in [-0.3, -0.25) is 9.78 Å². The maximum Gasteiger partial charge on any atom is 0.412 e. The number of alkyl halides is 3. The van der Waals surface area contributed by atoms with Crippen molar-refractivity contribution in [2.24, 2.45) is 0 Å². The highest BCUT2D eigenvalue weighted by molar-refractivity contribution is 6.35. The highest BCUT2D eigenvalue weighted by Crippen LogP contribution is 2.41. The fourth-order valence-corrected chi connectivity index (χ4v) is 4.17. The van der Waals surface area contributed by atoms with Crippen LogP contribution in [0, 0.1) is 6.92 Å². The lowest BCUT2D eigenvalue weighted by atomic mass is 9.95. The zero-order valence-corrected chi connectivity index (χ0v) is 18.8. The summed E-state index contributed by atoms with van der Waals surface area (Å²) >= 11 is 6.30. The first kappa shape index (κ1) is 22.7. The van der Waals surface area contributed by atoms with E-state index in [1.54, 1.807) is 43.3 Å². The van der Waals surface area contributed by atoms with Crippen LogP contribution >= 0.6 is 11.6 Å². The SMILES string of the molecule is Cc1cc[nH]c(=O)c1-c1nc2c(Cl)cccc2cc1[C@@H](Nc1ncnc2cccnc12)C(F)(F)F. The molecule has 1 atom stereocenters. The van der Waals surface area contributed by atoms with E-state index in [-0.39, 0.29) is 38.7 Å². The molecular formula is C24H16ClF3N6O. The smallest absolute Gasteiger partial charge is 0.353 e. The summed E-state index contributed by atoms with van der Waals surface area (Å²) < 4.78 is 43.8. The Morgan fingerprint density at radius 2 is 1.89 bits per heavy atom. The van der Waals surface area contributed by atoms with E-state index in [4.69, 9.17) is 11.6 Å². The van der Waals surface area contributed by atoms with Gasteiger partial charge in [0, 0.05) is 23.3 Å². The fraction of sp³-hybridized carbons (Fsp3) is 0.125. The number of hydrogen-bond donors (Lipinski definition) is 2. The number of benzene rings is 1. The van der Waals surface area contributed by atoms with E-state index in [2.05, 4.69) is 30.2 Å². The van der Waals surface area contributed by atoms with Crippen molar-refractivity contribution in [1.29, 1.82) is 0 Å². The van der Waals surface area contributed by atoms with Crippen LogP contribution in [0.15, 0.2) is 66.0 Å². The molecule has 11 heteroatoms. The second-order valence-electron chi connectivity index (χ2n) is 7.81. The normalized spacial score (nSPS) is 12.7. The minimum Gasteiger partial charge on any atom is -0.353 e. The molecule has 176 valence electrons. The van der Waals surface area contributed by atoms with Gasteiger partial charge in [-0.05, 0) is 42.8 Å². The average molecular weight is 497 g/mol. The molecule has 0 fully saturated rings. The van der Waals surface area contributed by atoms with Gasteiger partial charge < -0.3 is 10.3 Å². The van der Waals surface area contributed by atoms with Crippen molar-refractivity contribution >= 4 is 39.4 Å². The minimum absolute atomic E-state index is 0.0195. The summed E-state index contributed by atoms with van der Waals surface area (Å²) in [5.74, 6) is -0.103. The van der Waals surface area contributed by atoms with Crippen LogP contribution in [-0.2, 0) is 0 Å². The summed E-state index contributed by atoms with van der Waals surface area (Å²) in [6.07, 6.45) is -0.764. The van der Waals surface area contributed by atoms with Gasteiger partial charge in [-0.2, -0.15) is 13.2 Å². The van der Waals surface area contributed by atoms with E-state index in [0.29, 0.717) is 16.5 Å². The lowest BCUT2D eigenvalue weighted by Gasteiger charge is -2.25. The Bertz CT molecular complexity index is 1630. The molecule has 0 saturated carbocycles. The number of fused-ring (bicyclic) bond motifs is 2. The number of aromatic amines is 1. The molecule has 0 bridgehead atoms. The van der Waals surface area contributed by atoms with Gasteiger partial charge in [0.05, 0.1) is 27.3 Å². The summed E-state index contributed by atoms with van der Waals surface area (Å²) in [5.41, 5.74) is 0.364. The van der Waals surface area contributed by atoms with Crippen LogP contribution < -0.4 is 10.9 Å². The Morgan fingerprint density at radius 1 is 1.06 bits per heavy atom. The quantitative estimate of drug-likeness (QED) is 0.336. The van der Waals surface area contributed by atoms with Crippen LogP contribution in [0.5, 0.6) is 0 Å². The largest absolute Gasteiger partial charge is 0.412 e. The van der Waals surface area contributed by atoms with Crippen LogP contribution in [0.1, 0.15) is 17.2 Å². The summed E-state index contributed by atoms with van der Waals surface area (Å²) in [6.45, 7) is 1.63. The number of rotatable bonds is 4.